The standard InChI is InChI=1S/C7H17NO.H2/c1-6(2)7(8-3)5-9-4;/h6-8H,5H2,1-4H3;1H/t7-;/m1./s1. The fourth-order valence-electron chi connectivity index (χ4n) is 0.789. The molecule has 0 unspecified atom stereocenters. The van der Waals surface area contributed by atoms with Crippen LogP contribution in [-0.2, 0) is 4.74 Å². The second kappa shape index (κ2) is 4.77. The molecule has 1 atom stereocenters. The van der Waals surface area contributed by atoms with Gasteiger partial charge in [0.2, 0.25) is 0 Å². The predicted octanol–water partition coefficient (Wildman–Crippen LogP) is 1.12. The van der Waals surface area contributed by atoms with E-state index in [4.69, 9.17) is 4.74 Å². The molecule has 58 valence electrons. The fraction of sp³-hybridized carbons (Fsp3) is 1.00. The van der Waals surface area contributed by atoms with Crippen molar-refractivity contribution >= 4 is 0 Å². The third-order valence-electron chi connectivity index (χ3n) is 1.52. The SMILES string of the molecule is CN[C@H](COC)C(C)C.[HH]. The topological polar surface area (TPSA) is 21.3 Å². The summed E-state index contributed by atoms with van der Waals surface area (Å²) < 4.78 is 4.99. The first kappa shape index (κ1) is 8.92. The minimum absolute atomic E-state index is 0. The molecule has 0 fully saturated rings. The molecule has 1 N–H and O–H groups in total. The zero-order valence-electron chi connectivity index (χ0n) is 6.77. The predicted molar refractivity (Wildman–Crippen MR) is 41.7 cm³/mol. The second-order valence-corrected chi connectivity index (χ2v) is 2.59. The van der Waals surface area contributed by atoms with E-state index < -0.39 is 0 Å². The first-order valence-electron chi connectivity index (χ1n) is 3.38. The fourth-order valence-corrected chi connectivity index (χ4v) is 0.789. The summed E-state index contributed by atoms with van der Waals surface area (Å²) in [5.74, 6) is 0.648. The summed E-state index contributed by atoms with van der Waals surface area (Å²) in [6, 6.07) is 0.495. The van der Waals surface area contributed by atoms with E-state index in [1.165, 1.54) is 0 Å². The lowest BCUT2D eigenvalue weighted by Gasteiger charge is -2.18. The van der Waals surface area contributed by atoms with Crippen LogP contribution in [0, 0.1) is 5.92 Å². The van der Waals surface area contributed by atoms with Crippen molar-refractivity contribution in [2.75, 3.05) is 20.8 Å². The molecular weight excluding hydrogens is 114 g/mol. The molecule has 0 aliphatic heterocycles. The summed E-state index contributed by atoms with van der Waals surface area (Å²) in [6.45, 7) is 5.16. The Morgan fingerprint density at radius 2 is 2.11 bits per heavy atom. The van der Waals surface area contributed by atoms with Gasteiger partial charge in [-0.1, -0.05) is 13.8 Å². The van der Waals surface area contributed by atoms with Crippen molar-refractivity contribution in [1.29, 1.82) is 0 Å². The van der Waals surface area contributed by atoms with Gasteiger partial charge in [-0.3, -0.25) is 0 Å². The quantitative estimate of drug-likeness (QED) is 0.620. The Hall–Kier alpha value is -0.0800. The van der Waals surface area contributed by atoms with E-state index >= 15 is 0 Å². The van der Waals surface area contributed by atoms with Crippen LogP contribution in [0.5, 0.6) is 0 Å². The Bertz CT molecular complexity index is 68.6. The average molecular weight is 133 g/mol. The van der Waals surface area contributed by atoms with Gasteiger partial charge in [0.05, 0.1) is 6.61 Å². The maximum Gasteiger partial charge on any atom is 0.0618 e. The van der Waals surface area contributed by atoms with Crippen molar-refractivity contribution in [2.45, 2.75) is 19.9 Å². The van der Waals surface area contributed by atoms with E-state index in [0.717, 1.165) is 6.61 Å². The molecular formula is C7H19NO. The number of likely N-dealkylation sites (N-methyl/N-ethyl adjacent to an activating group) is 1. The Labute approximate surface area is 59.1 Å². The number of hydrogen-bond acceptors (Lipinski definition) is 2. The minimum Gasteiger partial charge on any atom is -0.383 e. The van der Waals surface area contributed by atoms with Crippen LogP contribution in [0.4, 0.5) is 0 Å². The Balaban J connectivity index is 0. The van der Waals surface area contributed by atoms with Crippen molar-refractivity contribution in [2.24, 2.45) is 5.92 Å². The first-order valence-corrected chi connectivity index (χ1v) is 3.38. The van der Waals surface area contributed by atoms with Crippen LogP contribution < -0.4 is 5.32 Å². The summed E-state index contributed by atoms with van der Waals surface area (Å²) in [6.07, 6.45) is 0. The van der Waals surface area contributed by atoms with Gasteiger partial charge in [0, 0.05) is 14.6 Å². The lowest BCUT2D eigenvalue weighted by molar-refractivity contribution is 0.151. The molecule has 0 aromatic rings. The molecule has 0 heterocycles. The summed E-state index contributed by atoms with van der Waals surface area (Å²) in [5.41, 5.74) is 0. The van der Waals surface area contributed by atoms with Crippen molar-refractivity contribution in [1.82, 2.24) is 5.32 Å². The zero-order chi connectivity index (χ0) is 7.28. The molecule has 0 saturated carbocycles. The van der Waals surface area contributed by atoms with Crippen molar-refractivity contribution < 1.29 is 6.16 Å². The summed E-state index contributed by atoms with van der Waals surface area (Å²) >= 11 is 0. The largest absolute Gasteiger partial charge is 0.383 e. The van der Waals surface area contributed by atoms with Crippen LogP contribution in [0.2, 0.25) is 0 Å². The van der Waals surface area contributed by atoms with Gasteiger partial charge in [-0.15, -0.1) is 0 Å². The molecule has 0 aromatic heterocycles. The van der Waals surface area contributed by atoms with Crippen LogP contribution >= 0.6 is 0 Å². The molecule has 0 aliphatic rings. The Morgan fingerprint density at radius 3 is 2.22 bits per heavy atom. The minimum atomic E-state index is 0. The molecule has 0 saturated heterocycles. The molecule has 0 amide bonds. The Kier molecular flexibility index (Phi) is 4.72. The molecule has 2 nitrogen and oxygen atoms in total. The highest BCUT2D eigenvalue weighted by atomic mass is 16.5. The molecule has 2 heteroatoms. The number of hydrogen-bond donors (Lipinski definition) is 1. The lowest BCUT2D eigenvalue weighted by atomic mass is 10.1. The van der Waals surface area contributed by atoms with E-state index in [1.807, 2.05) is 7.05 Å². The van der Waals surface area contributed by atoms with Crippen LogP contribution in [0.1, 0.15) is 15.3 Å². The third kappa shape index (κ3) is 3.49. The first-order chi connectivity index (χ1) is 4.22. The highest BCUT2D eigenvalue weighted by Crippen LogP contribution is 1.99. The van der Waals surface area contributed by atoms with Gasteiger partial charge in [0.25, 0.3) is 0 Å². The second-order valence-electron chi connectivity index (χ2n) is 2.59. The number of nitrogens with one attached hydrogen (secondary N) is 1. The van der Waals surface area contributed by atoms with E-state index in [9.17, 15) is 0 Å². The highest BCUT2D eigenvalue weighted by Gasteiger charge is 2.08. The van der Waals surface area contributed by atoms with Gasteiger partial charge < -0.3 is 10.1 Å². The van der Waals surface area contributed by atoms with Gasteiger partial charge in [-0.05, 0) is 13.0 Å². The Morgan fingerprint density at radius 1 is 1.56 bits per heavy atom. The highest BCUT2D eigenvalue weighted by molar-refractivity contribution is 4.66. The maximum atomic E-state index is 4.99. The monoisotopic (exact) mass is 133 g/mol. The van der Waals surface area contributed by atoms with Gasteiger partial charge in [0.15, 0.2) is 0 Å². The molecule has 0 spiro atoms. The smallest absolute Gasteiger partial charge is 0.0618 e. The van der Waals surface area contributed by atoms with E-state index in [-0.39, 0.29) is 1.43 Å². The normalized spacial score (nSPS) is 14.3. The van der Waals surface area contributed by atoms with Crippen LogP contribution in [0.3, 0.4) is 0 Å². The zero-order valence-corrected chi connectivity index (χ0v) is 6.77. The summed E-state index contributed by atoms with van der Waals surface area (Å²) in [7, 11) is 3.69. The molecule has 0 rings (SSSR count). The average Bonchev–Trinajstić information content (AvgIpc) is 1.82. The third-order valence-corrected chi connectivity index (χ3v) is 1.52. The van der Waals surface area contributed by atoms with Gasteiger partial charge >= 0.3 is 0 Å². The molecule has 9 heavy (non-hydrogen) atoms. The maximum absolute atomic E-state index is 4.99. The van der Waals surface area contributed by atoms with Crippen LogP contribution in [-0.4, -0.2) is 26.8 Å². The van der Waals surface area contributed by atoms with E-state index in [0.29, 0.717) is 12.0 Å². The lowest BCUT2D eigenvalue weighted by Crippen LogP contribution is -2.34. The van der Waals surface area contributed by atoms with Gasteiger partial charge in [-0.2, -0.15) is 0 Å². The summed E-state index contributed by atoms with van der Waals surface area (Å²) in [5, 5.41) is 3.18. The van der Waals surface area contributed by atoms with Crippen LogP contribution in [0.25, 0.3) is 0 Å². The number of methoxy groups -OCH3 is 1. The van der Waals surface area contributed by atoms with Gasteiger partial charge in [0.1, 0.15) is 0 Å². The van der Waals surface area contributed by atoms with Gasteiger partial charge in [-0.25, -0.2) is 0 Å². The van der Waals surface area contributed by atoms with Crippen molar-refractivity contribution in [3.8, 4) is 0 Å². The van der Waals surface area contributed by atoms with Crippen molar-refractivity contribution in [3.05, 3.63) is 0 Å². The van der Waals surface area contributed by atoms with E-state index in [1.54, 1.807) is 7.11 Å². The van der Waals surface area contributed by atoms with E-state index in [2.05, 4.69) is 19.2 Å². The molecule has 0 aliphatic carbocycles. The number of rotatable bonds is 4. The molecule has 0 bridgehead atoms. The number of ether oxygens (including phenoxy) is 1. The molecule has 0 aromatic carbocycles. The van der Waals surface area contributed by atoms with Crippen LogP contribution in [0.15, 0.2) is 0 Å². The summed E-state index contributed by atoms with van der Waals surface area (Å²) in [4.78, 5) is 0. The molecule has 0 radical (unpaired) electrons. The van der Waals surface area contributed by atoms with Crippen molar-refractivity contribution in [3.63, 3.8) is 0 Å².